The van der Waals surface area contributed by atoms with E-state index in [1.165, 1.54) is 18.7 Å². The van der Waals surface area contributed by atoms with Crippen molar-refractivity contribution in [2.24, 2.45) is 0 Å². The van der Waals surface area contributed by atoms with E-state index in [0.29, 0.717) is 22.5 Å². The summed E-state index contributed by atoms with van der Waals surface area (Å²) in [6, 6.07) is 9.88. The van der Waals surface area contributed by atoms with Crippen molar-refractivity contribution in [2.75, 3.05) is 43.4 Å². The highest BCUT2D eigenvalue weighted by atomic mass is 16.1. The van der Waals surface area contributed by atoms with E-state index in [2.05, 4.69) is 50.5 Å². The molecule has 1 aliphatic heterocycles. The third kappa shape index (κ3) is 5.44. The van der Waals surface area contributed by atoms with Crippen LogP contribution in [0.15, 0.2) is 41.3 Å². The number of aromatic nitrogens is 3. The summed E-state index contributed by atoms with van der Waals surface area (Å²) in [5.41, 5.74) is 2.93. The van der Waals surface area contributed by atoms with Crippen molar-refractivity contribution >= 4 is 34.3 Å². The van der Waals surface area contributed by atoms with Crippen LogP contribution >= 0.6 is 0 Å². The SMILES string of the molecule is C#Cc1cc(=O)n(C2CCC(NC(C)=O)CC2)c2nc(Nc3ccc(N4CCN(C)CC4)cc3)ncc12. The summed E-state index contributed by atoms with van der Waals surface area (Å²) in [7, 11) is 2.15. The second-order valence-electron chi connectivity index (χ2n) is 10.0. The van der Waals surface area contributed by atoms with Gasteiger partial charge in [-0.3, -0.25) is 14.2 Å². The number of fused-ring (bicyclic) bond motifs is 1. The molecule has 2 aromatic heterocycles. The van der Waals surface area contributed by atoms with Gasteiger partial charge in [-0.05, 0) is 57.0 Å². The number of nitrogens with zero attached hydrogens (tertiary/aromatic N) is 5. The van der Waals surface area contributed by atoms with Gasteiger partial charge < -0.3 is 20.4 Å². The smallest absolute Gasteiger partial charge is 0.253 e. The third-order valence-corrected chi connectivity index (χ3v) is 7.41. The van der Waals surface area contributed by atoms with Gasteiger partial charge in [0, 0.05) is 74.4 Å². The number of nitrogens with one attached hydrogen (secondary N) is 2. The monoisotopic (exact) mass is 499 g/mol. The van der Waals surface area contributed by atoms with Crippen molar-refractivity contribution < 1.29 is 4.79 Å². The average molecular weight is 500 g/mol. The zero-order valence-electron chi connectivity index (χ0n) is 21.4. The van der Waals surface area contributed by atoms with Crippen LogP contribution in [-0.4, -0.2) is 64.6 Å². The van der Waals surface area contributed by atoms with E-state index in [1.54, 1.807) is 10.8 Å². The van der Waals surface area contributed by atoms with Gasteiger partial charge in [0.25, 0.3) is 5.56 Å². The van der Waals surface area contributed by atoms with Crippen molar-refractivity contribution in [3.63, 3.8) is 0 Å². The molecule has 1 amide bonds. The summed E-state index contributed by atoms with van der Waals surface area (Å²) in [5, 5.41) is 6.96. The predicted molar refractivity (Wildman–Crippen MR) is 146 cm³/mol. The molecule has 1 aromatic carbocycles. The number of pyridine rings is 1. The molecule has 0 bridgehead atoms. The summed E-state index contributed by atoms with van der Waals surface area (Å²) in [4.78, 5) is 38.6. The van der Waals surface area contributed by atoms with Gasteiger partial charge in [-0.1, -0.05) is 5.92 Å². The summed E-state index contributed by atoms with van der Waals surface area (Å²) >= 11 is 0. The van der Waals surface area contributed by atoms with Crippen molar-refractivity contribution in [1.29, 1.82) is 0 Å². The van der Waals surface area contributed by atoms with Gasteiger partial charge in [-0.15, -0.1) is 6.42 Å². The maximum Gasteiger partial charge on any atom is 0.253 e. The molecular weight excluding hydrogens is 466 g/mol. The Bertz CT molecular complexity index is 1380. The fourth-order valence-electron chi connectivity index (χ4n) is 5.37. The zero-order valence-corrected chi connectivity index (χ0v) is 21.4. The number of rotatable bonds is 5. The quantitative estimate of drug-likeness (QED) is 0.521. The third-order valence-electron chi connectivity index (χ3n) is 7.41. The van der Waals surface area contributed by atoms with E-state index in [0.717, 1.165) is 57.5 Å². The molecule has 2 aliphatic rings. The number of carbonyl (C=O) groups is 1. The Labute approximate surface area is 216 Å². The summed E-state index contributed by atoms with van der Waals surface area (Å²) in [6.07, 6.45) is 10.6. The Kier molecular flexibility index (Phi) is 7.10. The first-order chi connectivity index (χ1) is 17.9. The average Bonchev–Trinajstić information content (AvgIpc) is 2.89. The Morgan fingerprint density at radius 1 is 1.08 bits per heavy atom. The van der Waals surface area contributed by atoms with Crippen LogP contribution in [0.5, 0.6) is 0 Å². The Balaban J connectivity index is 1.40. The van der Waals surface area contributed by atoms with Crippen LogP contribution in [0.25, 0.3) is 11.0 Å². The fraction of sp³-hybridized carbons (Fsp3) is 0.429. The standard InChI is InChI=1S/C28H33N7O2/c1-4-20-17-26(37)35(24-11-7-21(8-12-24)30-19(2)36)27-25(20)18-29-28(32-27)31-22-5-9-23(10-6-22)34-15-13-33(3)14-16-34/h1,5-6,9-10,17-18,21,24H,7-8,11-16H2,2-3H3,(H,30,36)(H,29,31,32). The summed E-state index contributed by atoms with van der Waals surface area (Å²) in [6.45, 7) is 5.67. The number of carbonyl (C=O) groups excluding carboxylic acids is 1. The maximum atomic E-state index is 13.2. The van der Waals surface area contributed by atoms with Gasteiger partial charge in [0.2, 0.25) is 11.9 Å². The second-order valence-corrected chi connectivity index (χ2v) is 10.0. The molecule has 3 heterocycles. The van der Waals surface area contributed by atoms with Crippen LogP contribution in [0.3, 0.4) is 0 Å². The number of anilines is 3. The molecule has 37 heavy (non-hydrogen) atoms. The van der Waals surface area contributed by atoms with Crippen molar-refractivity contribution in [3.8, 4) is 12.3 Å². The minimum Gasteiger partial charge on any atom is -0.369 e. The molecule has 192 valence electrons. The minimum absolute atomic E-state index is 0.0162. The number of terminal acetylenes is 1. The number of piperazine rings is 1. The molecule has 1 aliphatic carbocycles. The number of hydrogen-bond donors (Lipinski definition) is 2. The highest BCUT2D eigenvalue weighted by Gasteiger charge is 2.26. The number of amides is 1. The van der Waals surface area contributed by atoms with Crippen molar-refractivity contribution in [2.45, 2.75) is 44.7 Å². The number of hydrogen-bond acceptors (Lipinski definition) is 7. The first kappa shape index (κ1) is 24.8. The molecule has 9 nitrogen and oxygen atoms in total. The molecule has 9 heteroatoms. The molecule has 2 N–H and O–H groups in total. The van der Waals surface area contributed by atoms with Crippen LogP contribution in [0, 0.1) is 12.3 Å². The highest BCUT2D eigenvalue weighted by molar-refractivity contribution is 5.82. The van der Waals surface area contributed by atoms with Crippen LogP contribution in [0.2, 0.25) is 0 Å². The second kappa shape index (κ2) is 10.6. The fourth-order valence-corrected chi connectivity index (χ4v) is 5.37. The molecule has 2 fully saturated rings. The molecule has 1 saturated heterocycles. The van der Waals surface area contributed by atoms with Crippen LogP contribution in [-0.2, 0) is 4.79 Å². The van der Waals surface area contributed by atoms with Gasteiger partial charge in [0.05, 0.1) is 5.39 Å². The first-order valence-corrected chi connectivity index (χ1v) is 12.9. The van der Waals surface area contributed by atoms with E-state index in [1.807, 2.05) is 12.1 Å². The first-order valence-electron chi connectivity index (χ1n) is 12.9. The minimum atomic E-state index is -0.162. The van der Waals surface area contributed by atoms with Crippen molar-refractivity contribution in [1.82, 2.24) is 24.8 Å². The largest absolute Gasteiger partial charge is 0.369 e. The molecule has 0 unspecified atom stereocenters. The molecule has 0 atom stereocenters. The van der Waals surface area contributed by atoms with E-state index >= 15 is 0 Å². The number of likely N-dealkylation sites (N-methyl/N-ethyl adjacent to an activating group) is 1. The number of benzene rings is 1. The molecule has 5 rings (SSSR count). The molecule has 0 spiro atoms. The maximum absolute atomic E-state index is 13.2. The molecule has 3 aromatic rings. The molecule has 0 radical (unpaired) electrons. The lowest BCUT2D eigenvalue weighted by molar-refractivity contribution is -0.119. The van der Waals surface area contributed by atoms with Gasteiger partial charge in [-0.25, -0.2) is 4.98 Å². The normalized spacial score (nSPS) is 20.4. The Hall–Kier alpha value is -3.90. The predicted octanol–water partition coefficient (Wildman–Crippen LogP) is 2.89. The van der Waals surface area contributed by atoms with Gasteiger partial charge in [-0.2, -0.15) is 4.98 Å². The topological polar surface area (TPSA) is 95.4 Å². The highest BCUT2D eigenvalue weighted by Crippen LogP contribution is 2.30. The van der Waals surface area contributed by atoms with E-state index in [9.17, 15) is 9.59 Å². The lowest BCUT2D eigenvalue weighted by atomic mass is 9.90. The zero-order chi connectivity index (χ0) is 25.9. The Morgan fingerprint density at radius 2 is 1.78 bits per heavy atom. The van der Waals surface area contributed by atoms with Gasteiger partial charge in [0.1, 0.15) is 5.65 Å². The lowest BCUT2D eigenvalue weighted by Crippen LogP contribution is -2.44. The van der Waals surface area contributed by atoms with Crippen LogP contribution in [0.1, 0.15) is 44.2 Å². The summed E-state index contributed by atoms with van der Waals surface area (Å²) < 4.78 is 1.75. The summed E-state index contributed by atoms with van der Waals surface area (Å²) in [5.74, 6) is 3.00. The van der Waals surface area contributed by atoms with Crippen LogP contribution in [0.4, 0.5) is 17.3 Å². The van der Waals surface area contributed by atoms with Crippen molar-refractivity contribution in [3.05, 3.63) is 52.4 Å². The molecular formula is C28H33N7O2. The van der Waals surface area contributed by atoms with Crippen LogP contribution < -0.4 is 21.1 Å². The lowest BCUT2D eigenvalue weighted by Gasteiger charge is -2.34. The Morgan fingerprint density at radius 3 is 2.43 bits per heavy atom. The van der Waals surface area contributed by atoms with Gasteiger partial charge >= 0.3 is 0 Å². The van der Waals surface area contributed by atoms with E-state index in [-0.39, 0.29) is 23.6 Å². The van der Waals surface area contributed by atoms with Gasteiger partial charge in [0.15, 0.2) is 0 Å². The van der Waals surface area contributed by atoms with E-state index < -0.39 is 0 Å². The van der Waals surface area contributed by atoms with E-state index in [4.69, 9.17) is 11.4 Å². The molecule has 1 saturated carbocycles.